The van der Waals surface area contributed by atoms with E-state index in [1.807, 2.05) is 6.07 Å². The van der Waals surface area contributed by atoms with Crippen molar-refractivity contribution in [3.05, 3.63) is 23.3 Å². The molecule has 1 aliphatic carbocycles. The van der Waals surface area contributed by atoms with Crippen molar-refractivity contribution in [3.8, 4) is 0 Å². The third kappa shape index (κ3) is 3.67. The van der Waals surface area contributed by atoms with Crippen LogP contribution < -0.4 is 11.1 Å². The monoisotopic (exact) mass is 292 g/mol. The Hall–Kier alpha value is -1.75. The molecule has 5 heteroatoms. The van der Waals surface area contributed by atoms with E-state index in [0.717, 1.165) is 31.2 Å². The maximum Gasteiger partial charge on any atom is 0.337 e. The van der Waals surface area contributed by atoms with Crippen LogP contribution in [0.4, 0.5) is 11.4 Å². The molecular formula is C16H24N2O3. The number of aromatic carboxylic acids is 1. The Morgan fingerprint density at radius 1 is 1.43 bits per heavy atom. The van der Waals surface area contributed by atoms with Crippen molar-refractivity contribution in [2.24, 2.45) is 5.92 Å². The summed E-state index contributed by atoms with van der Waals surface area (Å²) in [6.45, 7) is 4.42. The topological polar surface area (TPSA) is 95.6 Å². The number of nitrogens with one attached hydrogen (secondary N) is 1. The molecule has 0 atom stereocenters. The lowest BCUT2D eigenvalue weighted by Gasteiger charge is -2.35. The van der Waals surface area contributed by atoms with Gasteiger partial charge in [0.1, 0.15) is 0 Å². The van der Waals surface area contributed by atoms with Gasteiger partial charge in [0.2, 0.25) is 0 Å². The Labute approximate surface area is 125 Å². The van der Waals surface area contributed by atoms with Crippen molar-refractivity contribution in [1.82, 2.24) is 0 Å². The predicted molar refractivity (Wildman–Crippen MR) is 83.6 cm³/mol. The van der Waals surface area contributed by atoms with E-state index in [1.54, 1.807) is 6.92 Å². The highest BCUT2D eigenvalue weighted by Gasteiger charge is 2.31. The minimum absolute atomic E-state index is 0.0988. The number of anilines is 2. The molecule has 116 valence electrons. The molecule has 0 amide bonds. The molecular weight excluding hydrogens is 268 g/mol. The summed E-state index contributed by atoms with van der Waals surface area (Å²) in [6.07, 6.45) is 3.61. The fourth-order valence-electron chi connectivity index (χ4n) is 2.82. The van der Waals surface area contributed by atoms with Gasteiger partial charge in [-0.05, 0) is 56.2 Å². The molecule has 0 unspecified atom stereocenters. The van der Waals surface area contributed by atoms with Crippen LogP contribution in [0.3, 0.4) is 0 Å². The fourth-order valence-corrected chi connectivity index (χ4v) is 2.82. The highest BCUT2D eigenvalue weighted by molar-refractivity contribution is 5.95. The Balaban J connectivity index is 2.08. The van der Waals surface area contributed by atoms with Crippen molar-refractivity contribution in [2.75, 3.05) is 17.6 Å². The molecule has 5 nitrogen and oxygen atoms in total. The molecule has 1 aliphatic rings. The van der Waals surface area contributed by atoms with E-state index in [4.69, 9.17) is 10.8 Å². The maximum atomic E-state index is 11.2. The number of carboxylic acids is 1. The van der Waals surface area contributed by atoms with Crippen LogP contribution in [-0.2, 0) is 0 Å². The number of rotatable bonds is 4. The first-order chi connectivity index (χ1) is 9.81. The zero-order chi connectivity index (χ0) is 15.6. The predicted octanol–water partition coefficient (Wildman–Crippen LogP) is 2.63. The second-order valence-electron chi connectivity index (χ2n) is 6.32. The Bertz CT molecular complexity index is 535. The van der Waals surface area contributed by atoms with Gasteiger partial charge in [0.15, 0.2) is 0 Å². The van der Waals surface area contributed by atoms with Crippen molar-refractivity contribution < 1.29 is 15.0 Å². The number of aliphatic hydroxyl groups is 1. The smallest absolute Gasteiger partial charge is 0.337 e. The van der Waals surface area contributed by atoms with Crippen LogP contribution >= 0.6 is 0 Å². The van der Waals surface area contributed by atoms with Crippen LogP contribution in [0.25, 0.3) is 0 Å². The first-order valence-electron chi connectivity index (χ1n) is 7.40. The molecule has 2 rings (SSSR count). The van der Waals surface area contributed by atoms with Crippen molar-refractivity contribution >= 4 is 17.3 Å². The van der Waals surface area contributed by atoms with Gasteiger partial charge in [-0.15, -0.1) is 0 Å². The number of carbonyl (C=O) groups is 1. The number of benzene rings is 1. The summed E-state index contributed by atoms with van der Waals surface area (Å²) < 4.78 is 0. The first kappa shape index (κ1) is 15.6. The van der Waals surface area contributed by atoms with Gasteiger partial charge in [-0.3, -0.25) is 0 Å². The lowest BCUT2D eigenvalue weighted by Crippen LogP contribution is -2.40. The standard InChI is InChI=1S/C16H24N2O3/c1-10-3-5-16(21,6-4-10)9-18-12-7-11(2)14(17)13(8-12)15(19)20/h7-8,10,18,21H,3-6,9,17H2,1-2H3,(H,19,20). The number of nitrogens with two attached hydrogens (primary N) is 1. The van der Waals surface area contributed by atoms with Crippen molar-refractivity contribution in [1.29, 1.82) is 0 Å². The van der Waals surface area contributed by atoms with E-state index < -0.39 is 11.6 Å². The van der Waals surface area contributed by atoms with E-state index in [9.17, 15) is 9.90 Å². The van der Waals surface area contributed by atoms with Crippen molar-refractivity contribution in [2.45, 2.75) is 45.1 Å². The number of hydrogen-bond donors (Lipinski definition) is 4. The van der Waals surface area contributed by atoms with E-state index in [1.165, 1.54) is 6.07 Å². The molecule has 0 aromatic heterocycles. The van der Waals surface area contributed by atoms with Gasteiger partial charge in [0.05, 0.1) is 11.2 Å². The summed E-state index contributed by atoms with van der Waals surface area (Å²) >= 11 is 0. The third-order valence-corrected chi connectivity index (χ3v) is 4.44. The van der Waals surface area contributed by atoms with Crippen LogP contribution in [0.5, 0.6) is 0 Å². The van der Waals surface area contributed by atoms with E-state index in [2.05, 4.69) is 12.2 Å². The quantitative estimate of drug-likeness (QED) is 0.640. The average Bonchev–Trinajstić information content (AvgIpc) is 2.43. The van der Waals surface area contributed by atoms with Crippen molar-refractivity contribution in [3.63, 3.8) is 0 Å². The van der Waals surface area contributed by atoms with E-state index >= 15 is 0 Å². The minimum atomic E-state index is -1.04. The third-order valence-electron chi connectivity index (χ3n) is 4.44. The number of hydrogen-bond acceptors (Lipinski definition) is 4. The molecule has 0 spiro atoms. The highest BCUT2D eigenvalue weighted by Crippen LogP contribution is 2.32. The Morgan fingerprint density at radius 3 is 2.62 bits per heavy atom. The lowest BCUT2D eigenvalue weighted by atomic mass is 9.79. The fraction of sp³-hybridized carbons (Fsp3) is 0.562. The molecule has 5 N–H and O–H groups in total. The van der Waals surface area contributed by atoms with Gasteiger partial charge in [-0.25, -0.2) is 4.79 Å². The molecule has 1 fully saturated rings. The summed E-state index contributed by atoms with van der Waals surface area (Å²) in [7, 11) is 0. The van der Waals surface area contributed by atoms with Crippen LogP contribution in [0, 0.1) is 12.8 Å². The Morgan fingerprint density at radius 2 is 2.05 bits per heavy atom. The normalized spacial score (nSPS) is 25.6. The molecule has 0 bridgehead atoms. The molecule has 1 aromatic rings. The highest BCUT2D eigenvalue weighted by atomic mass is 16.4. The van der Waals surface area contributed by atoms with Crippen LogP contribution in [0.1, 0.15) is 48.5 Å². The van der Waals surface area contributed by atoms with Gasteiger partial charge in [0.25, 0.3) is 0 Å². The summed E-state index contributed by atoms with van der Waals surface area (Å²) in [4.78, 5) is 11.2. The first-order valence-corrected chi connectivity index (χ1v) is 7.40. The van der Waals surface area contributed by atoms with Gasteiger partial charge in [-0.1, -0.05) is 6.92 Å². The van der Waals surface area contributed by atoms with Gasteiger partial charge >= 0.3 is 5.97 Å². The number of nitrogen functional groups attached to an aromatic ring is 1. The molecule has 0 aliphatic heterocycles. The lowest BCUT2D eigenvalue weighted by molar-refractivity contribution is 0.00501. The zero-order valence-electron chi connectivity index (χ0n) is 12.6. The molecule has 1 aromatic carbocycles. The molecule has 1 saturated carbocycles. The van der Waals surface area contributed by atoms with Crippen LogP contribution in [-0.4, -0.2) is 28.3 Å². The molecule has 0 radical (unpaired) electrons. The number of aryl methyl sites for hydroxylation is 1. The minimum Gasteiger partial charge on any atom is -0.478 e. The maximum absolute atomic E-state index is 11.2. The second-order valence-corrected chi connectivity index (χ2v) is 6.32. The average molecular weight is 292 g/mol. The summed E-state index contributed by atoms with van der Waals surface area (Å²) in [5.41, 5.74) is 6.87. The molecule has 21 heavy (non-hydrogen) atoms. The molecule has 0 heterocycles. The summed E-state index contributed by atoms with van der Waals surface area (Å²) in [6, 6.07) is 3.34. The largest absolute Gasteiger partial charge is 0.478 e. The number of carboxylic acid groups (broad SMARTS) is 1. The Kier molecular flexibility index (Phi) is 4.42. The summed E-state index contributed by atoms with van der Waals surface area (Å²) in [5.74, 6) is -0.368. The van der Waals surface area contributed by atoms with E-state index in [-0.39, 0.29) is 5.56 Å². The SMILES string of the molecule is Cc1cc(NCC2(O)CCC(C)CC2)cc(C(=O)O)c1N. The van der Waals surface area contributed by atoms with Gasteiger partial charge in [0, 0.05) is 17.9 Å². The van der Waals surface area contributed by atoms with Crippen LogP contribution in [0.2, 0.25) is 0 Å². The molecule has 0 saturated heterocycles. The van der Waals surface area contributed by atoms with E-state index in [0.29, 0.717) is 23.8 Å². The van der Waals surface area contributed by atoms with Gasteiger partial charge < -0.3 is 21.3 Å². The second kappa shape index (κ2) is 5.93. The van der Waals surface area contributed by atoms with Gasteiger partial charge in [-0.2, -0.15) is 0 Å². The summed E-state index contributed by atoms with van der Waals surface area (Å²) in [5, 5.41) is 22.9. The zero-order valence-corrected chi connectivity index (χ0v) is 12.6. The van der Waals surface area contributed by atoms with Crippen LogP contribution in [0.15, 0.2) is 12.1 Å².